The smallest absolute Gasteiger partial charge is 0.276 e. The Balaban J connectivity index is 1.41. The van der Waals surface area contributed by atoms with E-state index in [2.05, 4.69) is 19.9 Å². The molecule has 0 bridgehead atoms. The molecular formula is C20H29N5O4. The van der Waals surface area contributed by atoms with Gasteiger partial charge in [-0.2, -0.15) is 0 Å². The summed E-state index contributed by atoms with van der Waals surface area (Å²) < 4.78 is 17.9. The fourth-order valence-corrected chi connectivity index (χ4v) is 4.61. The van der Waals surface area contributed by atoms with E-state index in [0.29, 0.717) is 24.7 Å². The standard InChI is InChI=1S/C20H29N5O4/c1-14-15(12-27-2)18(23-29-14)19(26)24-9-6-20(7-10-24)5-4-16-21-22-17(13-28-3)25(16)11-8-20/h4-13H2,1-3H3. The molecule has 1 amide bonds. The number of aryl methyl sites for hydroxylation is 2. The van der Waals surface area contributed by atoms with Gasteiger partial charge in [0.15, 0.2) is 11.5 Å². The average Bonchev–Trinajstić information content (AvgIpc) is 3.23. The van der Waals surface area contributed by atoms with Crippen LogP contribution in [0.5, 0.6) is 0 Å². The molecule has 1 saturated heterocycles. The van der Waals surface area contributed by atoms with Crippen molar-refractivity contribution in [3.8, 4) is 0 Å². The van der Waals surface area contributed by atoms with Gasteiger partial charge >= 0.3 is 0 Å². The highest BCUT2D eigenvalue weighted by Crippen LogP contribution is 2.42. The molecule has 1 spiro atoms. The molecule has 0 aliphatic carbocycles. The summed E-state index contributed by atoms with van der Waals surface area (Å²) in [5.41, 5.74) is 1.38. The first kappa shape index (κ1) is 20.0. The van der Waals surface area contributed by atoms with Crippen LogP contribution in [0.4, 0.5) is 0 Å². The van der Waals surface area contributed by atoms with Gasteiger partial charge in [-0.25, -0.2) is 0 Å². The summed E-state index contributed by atoms with van der Waals surface area (Å²) in [6, 6.07) is 0. The van der Waals surface area contributed by atoms with Crippen LogP contribution in [0.3, 0.4) is 0 Å². The van der Waals surface area contributed by atoms with Crippen LogP contribution in [-0.2, 0) is 35.7 Å². The van der Waals surface area contributed by atoms with Gasteiger partial charge in [-0.05, 0) is 38.0 Å². The SMILES string of the molecule is COCc1c(C(=O)N2CCC3(CCc4nnc(COC)n4CC3)CC2)noc1C. The summed E-state index contributed by atoms with van der Waals surface area (Å²) in [4.78, 5) is 14.9. The fourth-order valence-electron chi connectivity index (χ4n) is 4.61. The van der Waals surface area contributed by atoms with Crippen LogP contribution in [0.1, 0.15) is 59.1 Å². The third-order valence-corrected chi connectivity index (χ3v) is 6.51. The number of piperidine rings is 1. The predicted molar refractivity (Wildman–Crippen MR) is 103 cm³/mol. The van der Waals surface area contributed by atoms with Crippen LogP contribution in [0, 0.1) is 12.3 Å². The Morgan fingerprint density at radius 1 is 1.07 bits per heavy atom. The number of carbonyl (C=O) groups is 1. The van der Waals surface area contributed by atoms with Gasteiger partial charge in [0.2, 0.25) is 0 Å². The Kier molecular flexibility index (Phi) is 5.69. The molecule has 4 rings (SSSR count). The minimum atomic E-state index is -0.0584. The molecule has 2 aromatic heterocycles. The monoisotopic (exact) mass is 403 g/mol. The van der Waals surface area contributed by atoms with Gasteiger partial charge in [-0.15, -0.1) is 10.2 Å². The number of ether oxygens (including phenoxy) is 2. The second-order valence-electron chi connectivity index (χ2n) is 8.16. The molecule has 0 atom stereocenters. The van der Waals surface area contributed by atoms with E-state index in [1.54, 1.807) is 14.2 Å². The van der Waals surface area contributed by atoms with Crippen molar-refractivity contribution in [3.05, 3.63) is 28.7 Å². The number of rotatable bonds is 5. The van der Waals surface area contributed by atoms with Crippen molar-refractivity contribution in [2.75, 3.05) is 27.3 Å². The van der Waals surface area contributed by atoms with E-state index in [1.165, 1.54) is 0 Å². The van der Waals surface area contributed by atoms with E-state index < -0.39 is 0 Å². The zero-order valence-corrected chi connectivity index (χ0v) is 17.4. The number of nitrogens with zero attached hydrogens (tertiary/aromatic N) is 5. The molecule has 2 aromatic rings. The highest BCUT2D eigenvalue weighted by atomic mass is 16.5. The maximum absolute atomic E-state index is 13.0. The lowest BCUT2D eigenvalue weighted by atomic mass is 9.72. The quantitative estimate of drug-likeness (QED) is 0.754. The van der Waals surface area contributed by atoms with E-state index in [-0.39, 0.29) is 11.3 Å². The lowest BCUT2D eigenvalue weighted by molar-refractivity contribution is 0.0522. The Bertz CT molecular complexity index is 866. The number of fused-ring (bicyclic) bond motifs is 1. The van der Waals surface area contributed by atoms with Crippen molar-refractivity contribution < 1.29 is 18.8 Å². The summed E-state index contributed by atoms with van der Waals surface area (Å²) in [6.45, 7) is 5.02. The molecule has 9 nitrogen and oxygen atoms in total. The number of amides is 1. The van der Waals surface area contributed by atoms with E-state index in [1.807, 2.05) is 11.8 Å². The largest absolute Gasteiger partial charge is 0.380 e. The van der Waals surface area contributed by atoms with Gasteiger partial charge in [0, 0.05) is 40.3 Å². The normalized spacial score (nSPS) is 18.7. The summed E-state index contributed by atoms with van der Waals surface area (Å²) in [6.07, 6.45) is 5.07. The molecule has 0 N–H and O–H groups in total. The van der Waals surface area contributed by atoms with Crippen molar-refractivity contribution in [1.29, 1.82) is 0 Å². The van der Waals surface area contributed by atoms with E-state index in [9.17, 15) is 4.79 Å². The number of likely N-dealkylation sites (tertiary alicyclic amines) is 1. The molecule has 0 aromatic carbocycles. The Morgan fingerprint density at radius 3 is 2.52 bits per heavy atom. The molecule has 0 radical (unpaired) electrons. The predicted octanol–water partition coefficient (Wildman–Crippen LogP) is 2.13. The van der Waals surface area contributed by atoms with Gasteiger partial charge < -0.3 is 23.5 Å². The Morgan fingerprint density at radius 2 is 1.79 bits per heavy atom. The number of methoxy groups -OCH3 is 2. The number of aromatic nitrogens is 4. The lowest BCUT2D eigenvalue weighted by Gasteiger charge is -2.41. The zero-order chi connectivity index (χ0) is 20.4. The van der Waals surface area contributed by atoms with Gasteiger partial charge in [0.25, 0.3) is 5.91 Å². The lowest BCUT2D eigenvalue weighted by Crippen LogP contribution is -2.43. The summed E-state index contributed by atoms with van der Waals surface area (Å²) in [5.74, 6) is 2.54. The van der Waals surface area contributed by atoms with E-state index in [4.69, 9.17) is 14.0 Å². The van der Waals surface area contributed by atoms with Crippen molar-refractivity contribution in [2.45, 2.75) is 58.8 Å². The molecule has 0 unspecified atom stereocenters. The average molecular weight is 403 g/mol. The van der Waals surface area contributed by atoms with Crippen LogP contribution in [-0.4, -0.2) is 58.0 Å². The zero-order valence-electron chi connectivity index (χ0n) is 17.4. The highest BCUT2D eigenvalue weighted by Gasteiger charge is 2.38. The van der Waals surface area contributed by atoms with Crippen LogP contribution in [0.15, 0.2) is 4.52 Å². The Labute approximate surface area is 170 Å². The number of hydrogen-bond acceptors (Lipinski definition) is 7. The second-order valence-corrected chi connectivity index (χ2v) is 8.16. The fraction of sp³-hybridized carbons (Fsp3) is 0.700. The molecule has 0 saturated carbocycles. The first-order chi connectivity index (χ1) is 14.1. The van der Waals surface area contributed by atoms with Gasteiger partial charge in [0.1, 0.15) is 18.2 Å². The first-order valence-electron chi connectivity index (χ1n) is 10.2. The molecule has 9 heteroatoms. The molecule has 4 heterocycles. The number of hydrogen-bond donors (Lipinski definition) is 0. The van der Waals surface area contributed by atoms with Crippen molar-refractivity contribution in [1.82, 2.24) is 24.8 Å². The van der Waals surface area contributed by atoms with Crippen LogP contribution in [0.25, 0.3) is 0 Å². The summed E-state index contributed by atoms with van der Waals surface area (Å²) in [7, 11) is 3.29. The van der Waals surface area contributed by atoms with Crippen LogP contribution in [0.2, 0.25) is 0 Å². The van der Waals surface area contributed by atoms with E-state index in [0.717, 1.165) is 69.0 Å². The van der Waals surface area contributed by atoms with Crippen molar-refractivity contribution in [2.24, 2.45) is 5.41 Å². The van der Waals surface area contributed by atoms with E-state index >= 15 is 0 Å². The molecule has 1 fully saturated rings. The van der Waals surface area contributed by atoms with Gasteiger partial charge in [0.05, 0.1) is 12.2 Å². The molecule has 2 aliphatic rings. The molecular weight excluding hydrogens is 374 g/mol. The minimum Gasteiger partial charge on any atom is -0.380 e. The molecule has 2 aliphatic heterocycles. The third-order valence-electron chi connectivity index (χ3n) is 6.51. The summed E-state index contributed by atoms with van der Waals surface area (Å²) >= 11 is 0. The Hall–Kier alpha value is -2.26. The van der Waals surface area contributed by atoms with Crippen molar-refractivity contribution in [3.63, 3.8) is 0 Å². The topological polar surface area (TPSA) is 95.5 Å². The van der Waals surface area contributed by atoms with Crippen molar-refractivity contribution >= 4 is 5.91 Å². The molecule has 158 valence electrons. The molecule has 29 heavy (non-hydrogen) atoms. The third kappa shape index (κ3) is 3.81. The highest BCUT2D eigenvalue weighted by molar-refractivity contribution is 5.93. The van der Waals surface area contributed by atoms with Crippen LogP contribution >= 0.6 is 0 Å². The number of carbonyl (C=O) groups excluding carboxylic acids is 1. The van der Waals surface area contributed by atoms with Gasteiger partial charge in [-0.3, -0.25) is 4.79 Å². The van der Waals surface area contributed by atoms with Gasteiger partial charge in [-0.1, -0.05) is 5.16 Å². The first-order valence-corrected chi connectivity index (χ1v) is 10.2. The summed E-state index contributed by atoms with van der Waals surface area (Å²) in [5, 5.41) is 12.6. The maximum Gasteiger partial charge on any atom is 0.276 e. The second kappa shape index (κ2) is 8.23. The van der Waals surface area contributed by atoms with Crippen LogP contribution < -0.4 is 0 Å². The maximum atomic E-state index is 13.0. The minimum absolute atomic E-state index is 0.0584.